The minimum Gasteiger partial charge on any atom is -0.496 e. The lowest BCUT2D eigenvalue weighted by molar-refractivity contribution is 0.0995. The maximum Gasteiger partial charge on any atom is 0.267 e. The standard InChI is InChI=1S/C12H12N4O2/c1-18-10-5-3-2-4-7(10)8-6-9(11(13)17)16-12(14)15-8/h2-6H,1H3,(H2,13,17)(H2,14,15,16). The van der Waals surface area contributed by atoms with Crippen LogP contribution in [0.15, 0.2) is 30.3 Å². The Morgan fingerprint density at radius 2 is 2.00 bits per heavy atom. The summed E-state index contributed by atoms with van der Waals surface area (Å²) in [5.41, 5.74) is 12.0. The number of hydrogen-bond donors (Lipinski definition) is 2. The predicted molar refractivity (Wildman–Crippen MR) is 67.0 cm³/mol. The van der Waals surface area contributed by atoms with Gasteiger partial charge in [-0.05, 0) is 18.2 Å². The number of anilines is 1. The Hall–Kier alpha value is -2.63. The number of primary amides is 1. The van der Waals surface area contributed by atoms with Crippen LogP contribution in [-0.2, 0) is 0 Å². The van der Waals surface area contributed by atoms with Gasteiger partial charge in [0.05, 0.1) is 12.8 Å². The molecular weight excluding hydrogens is 232 g/mol. The van der Waals surface area contributed by atoms with Crippen molar-refractivity contribution in [3.63, 3.8) is 0 Å². The van der Waals surface area contributed by atoms with E-state index in [1.165, 1.54) is 6.07 Å². The smallest absolute Gasteiger partial charge is 0.267 e. The molecule has 4 N–H and O–H groups in total. The Morgan fingerprint density at radius 1 is 1.28 bits per heavy atom. The molecule has 0 fully saturated rings. The topological polar surface area (TPSA) is 104 Å². The molecule has 6 nitrogen and oxygen atoms in total. The minimum atomic E-state index is -0.653. The summed E-state index contributed by atoms with van der Waals surface area (Å²) in [6.45, 7) is 0. The Morgan fingerprint density at radius 3 is 2.67 bits per heavy atom. The second-order valence-electron chi connectivity index (χ2n) is 3.56. The number of carbonyl (C=O) groups excluding carboxylic acids is 1. The first kappa shape index (κ1) is 11.8. The van der Waals surface area contributed by atoms with E-state index in [-0.39, 0.29) is 11.6 Å². The molecule has 0 aliphatic carbocycles. The van der Waals surface area contributed by atoms with Gasteiger partial charge in [-0.25, -0.2) is 9.97 Å². The van der Waals surface area contributed by atoms with Crippen LogP contribution >= 0.6 is 0 Å². The molecule has 0 aliphatic heterocycles. The summed E-state index contributed by atoms with van der Waals surface area (Å²) in [7, 11) is 1.55. The van der Waals surface area contributed by atoms with Gasteiger partial charge in [-0.15, -0.1) is 0 Å². The van der Waals surface area contributed by atoms with Crippen molar-refractivity contribution in [3.05, 3.63) is 36.0 Å². The van der Waals surface area contributed by atoms with Crippen LogP contribution < -0.4 is 16.2 Å². The molecule has 0 aliphatic rings. The summed E-state index contributed by atoms with van der Waals surface area (Å²) in [5.74, 6) is -0.0292. The van der Waals surface area contributed by atoms with E-state index in [0.29, 0.717) is 11.4 Å². The van der Waals surface area contributed by atoms with E-state index in [0.717, 1.165) is 5.56 Å². The second-order valence-corrected chi connectivity index (χ2v) is 3.56. The molecule has 1 heterocycles. The van der Waals surface area contributed by atoms with Gasteiger partial charge in [0.15, 0.2) is 0 Å². The zero-order valence-corrected chi connectivity index (χ0v) is 9.75. The number of aromatic nitrogens is 2. The number of amides is 1. The molecule has 0 radical (unpaired) electrons. The number of para-hydroxylation sites is 1. The van der Waals surface area contributed by atoms with Crippen molar-refractivity contribution in [1.82, 2.24) is 9.97 Å². The lowest BCUT2D eigenvalue weighted by Crippen LogP contribution is -2.15. The molecule has 0 saturated carbocycles. The molecular formula is C12H12N4O2. The van der Waals surface area contributed by atoms with E-state index in [1.54, 1.807) is 13.2 Å². The fraction of sp³-hybridized carbons (Fsp3) is 0.0833. The molecule has 92 valence electrons. The third-order valence-corrected chi connectivity index (χ3v) is 2.38. The number of carbonyl (C=O) groups is 1. The summed E-state index contributed by atoms with van der Waals surface area (Å²) >= 11 is 0. The van der Waals surface area contributed by atoms with Gasteiger partial charge in [-0.1, -0.05) is 12.1 Å². The fourth-order valence-corrected chi connectivity index (χ4v) is 1.59. The van der Waals surface area contributed by atoms with Gasteiger partial charge < -0.3 is 16.2 Å². The molecule has 0 bridgehead atoms. The Bertz CT molecular complexity index is 598. The van der Waals surface area contributed by atoms with Crippen LogP contribution in [0.2, 0.25) is 0 Å². The first-order valence-corrected chi connectivity index (χ1v) is 5.19. The summed E-state index contributed by atoms with van der Waals surface area (Å²) in [6.07, 6.45) is 0. The molecule has 0 atom stereocenters. The molecule has 18 heavy (non-hydrogen) atoms. The summed E-state index contributed by atoms with van der Waals surface area (Å²) in [6, 6.07) is 8.75. The minimum absolute atomic E-state index is 0.00722. The Labute approximate surface area is 104 Å². The van der Waals surface area contributed by atoms with E-state index in [4.69, 9.17) is 16.2 Å². The lowest BCUT2D eigenvalue weighted by Gasteiger charge is -2.08. The van der Waals surface area contributed by atoms with Crippen molar-refractivity contribution in [1.29, 1.82) is 0 Å². The predicted octanol–water partition coefficient (Wildman–Crippen LogP) is 0.833. The molecule has 2 rings (SSSR count). The summed E-state index contributed by atoms with van der Waals surface area (Å²) < 4.78 is 5.22. The molecule has 2 aromatic rings. The molecule has 0 unspecified atom stereocenters. The number of nitrogen functional groups attached to an aromatic ring is 1. The van der Waals surface area contributed by atoms with E-state index in [1.807, 2.05) is 18.2 Å². The van der Waals surface area contributed by atoms with Crippen molar-refractivity contribution >= 4 is 11.9 Å². The number of hydrogen-bond acceptors (Lipinski definition) is 5. The number of ether oxygens (including phenoxy) is 1. The Balaban J connectivity index is 2.60. The van der Waals surface area contributed by atoms with Gasteiger partial charge in [0.1, 0.15) is 11.4 Å². The van der Waals surface area contributed by atoms with Crippen LogP contribution in [0.1, 0.15) is 10.5 Å². The number of nitrogens with two attached hydrogens (primary N) is 2. The maximum atomic E-state index is 11.1. The van der Waals surface area contributed by atoms with Gasteiger partial charge >= 0.3 is 0 Å². The first-order chi connectivity index (χ1) is 8.61. The normalized spacial score (nSPS) is 10.1. The SMILES string of the molecule is COc1ccccc1-c1cc(C(N)=O)nc(N)n1. The van der Waals surface area contributed by atoms with E-state index < -0.39 is 5.91 Å². The average Bonchev–Trinajstić information content (AvgIpc) is 2.38. The molecule has 6 heteroatoms. The zero-order valence-electron chi connectivity index (χ0n) is 9.75. The lowest BCUT2D eigenvalue weighted by atomic mass is 10.1. The van der Waals surface area contributed by atoms with Crippen LogP contribution in [0.4, 0.5) is 5.95 Å². The van der Waals surface area contributed by atoms with Crippen molar-refractivity contribution < 1.29 is 9.53 Å². The van der Waals surface area contributed by atoms with Gasteiger partial charge in [0.25, 0.3) is 5.91 Å². The van der Waals surface area contributed by atoms with Crippen molar-refractivity contribution in [2.24, 2.45) is 5.73 Å². The third-order valence-electron chi connectivity index (χ3n) is 2.38. The molecule has 0 spiro atoms. The van der Waals surface area contributed by atoms with Crippen molar-refractivity contribution in [2.45, 2.75) is 0 Å². The van der Waals surface area contributed by atoms with Gasteiger partial charge in [0.2, 0.25) is 5.95 Å². The van der Waals surface area contributed by atoms with E-state index in [9.17, 15) is 4.79 Å². The number of rotatable bonds is 3. The summed E-state index contributed by atoms with van der Waals surface area (Å²) in [5, 5.41) is 0. The highest BCUT2D eigenvalue weighted by atomic mass is 16.5. The van der Waals surface area contributed by atoms with Crippen LogP contribution in [0.25, 0.3) is 11.3 Å². The molecule has 1 aromatic heterocycles. The van der Waals surface area contributed by atoms with Crippen LogP contribution in [0.5, 0.6) is 5.75 Å². The average molecular weight is 244 g/mol. The highest BCUT2D eigenvalue weighted by Gasteiger charge is 2.11. The van der Waals surface area contributed by atoms with E-state index >= 15 is 0 Å². The number of methoxy groups -OCH3 is 1. The van der Waals surface area contributed by atoms with Gasteiger partial charge in [0, 0.05) is 5.56 Å². The van der Waals surface area contributed by atoms with Gasteiger partial charge in [-0.2, -0.15) is 0 Å². The largest absolute Gasteiger partial charge is 0.496 e. The first-order valence-electron chi connectivity index (χ1n) is 5.19. The van der Waals surface area contributed by atoms with E-state index in [2.05, 4.69) is 9.97 Å². The number of nitrogens with zero attached hydrogens (tertiary/aromatic N) is 2. The van der Waals surface area contributed by atoms with Crippen LogP contribution in [-0.4, -0.2) is 23.0 Å². The van der Waals surface area contributed by atoms with Crippen LogP contribution in [0, 0.1) is 0 Å². The second kappa shape index (κ2) is 4.70. The molecule has 1 aromatic carbocycles. The monoisotopic (exact) mass is 244 g/mol. The summed E-state index contributed by atoms with van der Waals surface area (Å²) in [4.78, 5) is 19.0. The maximum absolute atomic E-state index is 11.1. The molecule has 1 amide bonds. The van der Waals surface area contributed by atoms with Crippen molar-refractivity contribution in [2.75, 3.05) is 12.8 Å². The quantitative estimate of drug-likeness (QED) is 0.832. The highest BCUT2D eigenvalue weighted by Crippen LogP contribution is 2.28. The highest BCUT2D eigenvalue weighted by molar-refractivity contribution is 5.92. The third kappa shape index (κ3) is 2.22. The molecule has 0 saturated heterocycles. The van der Waals surface area contributed by atoms with Crippen LogP contribution in [0.3, 0.4) is 0 Å². The zero-order chi connectivity index (χ0) is 13.1. The Kier molecular flexibility index (Phi) is 3.09. The van der Waals surface area contributed by atoms with Crippen molar-refractivity contribution in [3.8, 4) is 17.0 Å². The number of benzene rings is 1. The fourth-order valence-electron chi connectivity index (χ4n) is 1.59. The van der Waals surface area contributed by atoms with Gasteiger partial charge in [-0.3, -0.25) is 4.79 Å².